The lowest BCUT2D eigenvalue weighted by Gasteiger charge is -2.08. The first kappa shape index (κ1) is 13.0. The Kier molecular flexibility index (Phi) is 5.00. The van der Waals surface area contributed by atoms with Crippen LogP contribution >= 0.6 is 0 Å². The van der Waals surface area contributed by atoms with Crippen LogP contribution in [0.4, 0.5) is 11.4 Å². The highest BCUT2D eigenvalue weighted by molar-refractivity contribution is 5.68. The second-order valence-corrected chi connectivity index (χ2v) is 3.44. The molecule has 0 spiro atoms. The fourth-order valence-corrected chi connectivity index (χ4v) is 1.44. The monoisotopic (exact) mass is 236 g/mol. The van der Waals surface area contributed by atoms with Crippen molar-refractivity contribution >= 4 is 11.4 Å². The van der Waals surface area contributed by atoms with Gasteiger partial charge in [0.15, 0.2) is 5.75 Å². The fraction of sp³-hybridized carbons (Fsp3) is 0.333. The van der Waals surface area contributed by atoms with Crippen LogP contribution in [0.25, 0.3) is 0 Å². The van der Waals surface area contributed by atoms with E-state index >= 15 is 0 Å². The summed E-state index contributed by atoms with van der Waals surface area (Å²) < 4.78 is 5.41. The molecule has 5 heteroatoms. The Morgan fingerprint density at radius 1 is 1.59 bits per heavy atom. The molecular formula is C12H16N2O3. The standard InChI is InChI=1S/C12H16N2O3/c1-3-4-5-9-17-11-8-6-7-10(13-2)12(11)14(15)16/h3,6-8,13H,1,4-5,9H2,2H3. The zero-order valence-corrected chi connectivity index (χ0v) is 9.81. The van der Waals surface area contributed by atoms with E-state index in [4.69, 9.17) is 4.74 Å². The number of ether oxygens (including phenoxy) is 1. The number of anilines is 1. The Morgan fingerprint density at radius 3 is 2.94 bits per heavy atom. The number of nitrogens with one attached hydrogen (secondary N) is 1. The van der Waals surface area contributed by atoms with E-state index in [0.29, 0.717) is 18.0 Å². The van der Waals surface area contributed by atoms with Crippen molar-refractivity contribution in [3.05, 3.63) is 41.0 Å². The van der Waals surface area contributed by atoms with Crippen LogP contribution in [0.3, 0.4) is 0 Å². The molecule has 0 aromatic heterocycles. The molecule has 1 aromatic carbocycles. The lowest BCUT2D eigenvalue weighted by Crippen LogP contribution is -2.03. The molecule has 5 nitrogen and oxygen atoms in total. The lowest BCUT2D eigenvalue weighted by molar-refractivity contribution is -0.384. The van der Waals surface area contributed by atoms with E-state index < -0.39 is 4.92 Å². The number of benzene rings is 1. The first-order chi connectivity index (χ1) is 8.20. The first-order valence-corrected chi connectivity index (χ1v) is 5.39. The van der Waals surface area contributed by atoms with Gasteiger partial charge in [0.1, 0.15) is 5.69 Å². The van der Waals surface area contributed by atoms with E-state index in [9.17, 15) is 10.1 Å². The smallest absolute Gasteiger partial charge is 0.333 e. The number of unbranched alkanes of at least 4 members (excludes halogenated alkanes) is 1. The van der Waals surface area contributed by atoms with Crippen molar-refractivity contribution < 1.29 is 9.66 Å². The summed E-state index contributed by atoms with van der Waals surface area (Å²) >= 11 is 0. The summed E-state index contributed by atoms with van der Waals surface area (Å²) in [5.74, 6) is 0.297. The average molecular weight is 236 g/mol. The van der Waals surface area contributed by atoms with Gasteiger partial charge in [0.25, 0.3) is 0 Å². The van der Waals surface area contributed by atoms with E-state index in [1.807, 2.05) is 0 Å². The second-order valence-electron chi connectivity index (χ2n) is 3.44. The van der Waals surface area contributed by atoms with Crippen molar-refractivity contribution in [3.63, 3.8) is 0 Å². The largest absolute Gasteiger partial charge is 0.487 e. The Morgan fingerprint density at radius 2 is 2.35 bits per heavy atom. The van der Waals surface area contributed by atoms with E-state index in [2.05, 4.69) is 11.9 Å². The summed E-state index contributed by atoms with van der Waals surface area (Å²) in [5, 5.41) is 13.7. The average Bonchev–Trinajstić information content (AvgIpc) is 2.33. The molecule has 0 atom stereocenters. The number of allylic oxidation sites excluding steroid dienone is 1. The quantitative estimate of drug-likeness (QED) is 0.342. The minimum absolute atomic E-state index is 0.0198. The normalized spacial score (nSPS) is 9.71. The number of rotatable bonds is 7. The summed E-state index contributed by atoms with van der Waals surface area (Å²) in [6, 6.07) is 4.98. The Hall–Kier alpha value is -2.04. The van der Waals surface area contributed by atoms with Crippen LogP contribution in [-0.2, 0) is 0 Å². The maximum Gasteiger partial charge on any atom is 0.333 e. The van der Waals surface area contributed by atoms with Crippen LogP contribution in [0.1, 0.15) is 12.8 Å². The molecule has 0 saturated carbocycles. The molecule has 0 aliphatic rings. The number of hydrogen-bond acceptors (Lipinski definition) is 4. The molecule has 0 heterocycles. The van der Waals surface area contributed by atoms with Crippen molar-refractivity contribution in [1.29, 1.82) is 0 Å². The molecule has 0 aliphatic carbocycles. The van der Waals surface area contributed by atoms with Gasteiger partial charge in [-0.3, -0.25) is 10.1 Å². The molecule has 0 amide bonds. The molecular weight excluding hydrogens is 220 g/mol. The summed E-state index contributed by atoms with van der Waals surface area (Å²) in [5.41, 5.74) is 0.435. The predicted octanol–water partition coefficient (Wildman–Crippen LogP) is 2.98. The number of hydrogen-bond donors (Lipinski definition) is 1. The molecule has 0 fully saturated rings. The van der Waals surface area contributed by atoms with Gasteiger partial charge in [0, 0.05) is 7.05 Å². The molecule has 0 aliphatic heterocycles. The number of para-hydroxylation sites is 1. The lowest BCUT2D eigenvalue weighted by atomic mass is 10.2. The van der Waals surface area contributed by atoms with Crippen molar-refractivity contribution in [2.75, 3.05) is 19.0 Å². The van der Waals surface area contributed by atoms with Gasteiger partial charge in [0.05, 0.1) is 11.5 Å². The minimum atomic E-state index is -0.436. The van der Waals surface area contributed by atoms with Crippen molar-refractivity contribution in [2.24, 2.45) is 0 Å². The Labute approximate surface area is 100 Å². The van der Waals surface area contributed by atoms with Crippen LogP contribution in [-0.4, -0.2) is 18.6 Å². The highest BCUT2D eigenvalue weighted by Crippen LogP contribution is 2.34. The molecule has 0 unspecified atom stereocenters. The third-order valence-electron chi connectivity index (χ3n) is 2.26. The van der Waals surface area contributed by atoms with Crippen molar-refractivity contribution in [3.8, 4) is 5.75 Å². The number of nitro groups is 1. The molecule has 0 bridgehead atoms. The van der Waals surface area contributed by atoms with E-state index in [1.54, 1.807) is 31.3 Å². The predicted molar refractivity (Wildman–Crippen MR) is 67.6 cm³/mol. The van der Waals surface area contributed by atoms with Crippen LogP contribution in [0.5, 0.6) is 5.75 Å². The SMILES string of the molecule is C=CCCCOc1cccc(NC)c1[N+](=O)[O-]. The second kappa shape index (κ2) is 6.52. The van der Waals surface area contributed by atoms with Gasteiger partial charge in [-0.05, 0) is 25.0 Å². The third-order valence-corrected chi connectivity index (χ3v) is 2.26. The van der Waals surface area contributed by atoms with Gasteiger partial charge in [-0.15, -0.1) is 6.58 Å². The topological polar surface area (TPSA) is 64.4 Å². The minimum Gasteiger partial charge on any atom is -0.487 e. The number of nitrogens with zero attached hydrogens (tertiary/aromatic N) is 1. The van der Waals surface area contributed by atoms with Gasteiger partial charge in [0.2, 0.25) is 0 Å². The summed E-state index contributed by atoms with van der Waals surface area (Å²) in [6.07, 6.45) is 3.42. The van der Waals surface area contributed by atoms with Gasteiger partial charge in [-0.25, -0.2) is 0 Å². The summed E-state index contributed by atoms with van der Waals surface area (Å²) in [7, 11) is 1.64. The maximum absolute atomic E-state index is 11.0. The van der Waals surface area contributed by atoms with Crippen molar-refractivity contribution in [1.82, 2.24) is 0 Å². The van der Waals surface area contributed by atoms with Crippen LogP contribution in [0.15, 0.2) is 30.9 Å². The van der Waals surface area contributed by atoms with Gasteiger partial charge < -0.3 is 10.1 Å². The molecule has 0 radical (unpaired) electrons. The highest BCUT2D eigenvalue weighted by atomic mass is 16.6. The first-order valence-electron chi connectivity index (χ1n) is 5.39. The number of nitro benzene ring substituents is 1. The van der Waals surface area contributed by atoms with Crippen molar-refractivity contribution in [2.45, 2.75) is 12.8 Å². The molecule has 1 rings (SSSR count). The van der Waals surface area contributed by atoms with E-state index in [-0.39, 0.29) is 5.69 Å². The molecule has 1 N–H and O–H groups in total. The fourth-order valence-electron chi connectivity index (χ4n) is 1.44. The van der Waals surface area contributed by atoms with Crippen LogP contribution in [0.2, 0.25) is 0 Å². The van der Waals surface area contributed by atoms with E-state index in [1.165, 1.54) is 0 Å². The molecule has 1 aromatic rings. The third kappa shape index (κ3) is 3.48. The molecule has 92 valence electrons. The Balaban J connectivity index is 2.83. The zero-order chi connectivity index (χ0) is 12.7. The highest BCUT2D eigenvalue weighted by Gasteiger charge is 2.19. The van der Waals surface area contributed by atoms with E-state index in [0.717, 1.165) is 12.8 Å². The maximum atomic E-state index is 11.0. The van der Waals surface area contributed by atoms with Gasteiger partial charge in [-0.2, -0.15) is 0 Å². The summed E-state index contributed by atoms with van der Waals surface area (Å²) in [6.45, 7) is 4.05. The van der Waals surface area contributed by atoms with Crippen LogP contribution in [0, 0.1) is 10.1 Å². The van der Waals surface area contributed by atoms with Gasteiger partial charge in [-0.1, -0.05) is 12.1 Å². The van der Waals surface area contributed by atoms with Crippen LogP contribution < -0.4 is 10.1 Å². The summed E-state index contributed by atoms with van der Waals surface area (Å²) in [4.78, 5) is 10.5. The zero-order valence-electron chi connectivity index (χ0n) is 9.81. The Bertz CT molecular complexity index is 405. The molecule has 0 saturated heterocycles. The van der Waals surface area contributed by atoms with Gasteiger partial charge >= 0.3 is 5.69 Å². The molecule has 17 heavy (non-hydrogen) atoms.